The zero-order valence-corrected chi connectivity index (χ0v) is 9.75. The minimum absolute atomic E-state index is 0.340. The highest BCUT2D eigenvalue weighted by atomic mass is 35.5. The Morgan fingerprint density at radius 3 is 2.67 bits per heavy atom. The van der Waals surface area contributed by atoms with Gasteiger partial charge in [0.25, 0.3) is 0 Å². The monoisotopic (exact) mass is 228 g/mol. The second-order valence-corrected chi connectivity index (χ2v) is 4.27. The smallest absolute Gasteiger partial charge is 0.0928 e. The molecule has 1 aromatic carbocycles. The van der Waals surface area contributed by atoms with E-state index in [0.29, 0.717) is 28.9 Å². The van der Waals surface area contributed by atoms with E-state index >= 15 is 0 Å². The van der Waals surface area contributed by atoms with E-state index in [-0.39, 0.29) is 0 Å². The quantitative estimate of drug-likeness (QED) is 0.691. The standard InChI is InChI=1S/C11H17ClN2O/c1-7(2)14-6-11(15)9-4-3-8(13)5-10(9)12/h3-5,7,11,14-15H,6,13H2,1-2H3. The summed E-state index contributed by atoms with van der Waals surface area (Å²) in [6.45, 7) is 4.54. The number of anilines is 1. The van der Waals surface area contributed by atoms with Crippen molar-refractivity contribution in [2.24, 2.45) is 0 Å². The summed E-state index contributed by atoms with van der Waals surface area (Å²) in [5, 5.41) is 13.5. The van der Waals surface area contributed by atoms with Crippen molar-refractivity contribution >= 4 is 17.3 Å². The lowest BCUT2D eigenvalue weighted by Crippen LogP contribution is -2.28. The topological polar surface area (TPSA) is 58.3 Å². The number of halogens is 1. The van der Waals surface area contributed by atoms with Crippen LogP contribution in [0.5, 0.6) is 0 Å². The zero-order chi connectivity index (χ0) is 11.4. The summed E-state index contributed by atoms with van der Waals surface area (Å²) < 4.78 is 0. The lowest BCUT2D eigenvalue weighted by Gasteiger charge is -2.15. The number of hydrogen-bond donors (Lipinski definition) is 3. The molecule has 0 spiro atoms. The fraction of sp³-hybridized carbons (Fsp3) is 0.455. The van der Waals surface area contributed by atoms with Gasteiger partial charge >= 0.3 is 0 Å². The Hall–Kier alpha value is -0.770. The van der Waals surface area contributed by atoms with Gasteiger partial charge in [-0.25, -0.2) is 0 Å². The maximum absolute atomic E-state index is 9.85. The van der Waals surface area contributed by atoms with Crippen molar-refractivity contribution in [3.63, 3.8) is 0 Å². The maximum atomic E-state index is 9.85. The number of nitrogens with one attached hydrogen (secondary N) is 1. The van der Waals surface area contributed by atoms with Gasteiger partial charge in [0.2, 0.25) is 0 Å². The van der Waals surface area contributed by atoms with Crippen LogP contribution in [0.1, 0.15) is 25.5 Å². The van der Waals surface area contributed by atoms with E-state index in [1.54, 1.807) is 18.2 Å². The van der Waals surface area contributed by atoms with Gasteiger partial charge in [0.1, 0.15) is 0 Å². The molecule has 0 aliphatic carbocycles. The summed E-state index contributed by atoms with van der Waals surface area (Å²) in [6, 6.07) is 5.48. The molecule has 0 aliphatic heterocycles. The van der Waals surface area contributed by atoms with Gasteiger partial charge in [0, 0.05) is 28.9 Å². The average molecular weight is 229 g/mol. The fourth-order valence-electron chi connectivity index (χ4n) is 1.27. The van der Waals surface area contributed by atoms with Crippen molar-refractivity contribution in [1.29, 1.82) is 0 Å². The molecule has 4 N–H and O–H groups in total. The largest absolute Gasteiger partial charge is 0.399 e. The van der Waals surface area contributed by atoms with Crippen molar-refractivity contribution in [2.75, 3.05) is 12.3 Å². The van der Waals surface area contributed by atoms with E-state index in [1.165, 1.54) is 0 Å². The lowest BCUT2D eigenvalue weighted by atomic mass is 10.1. The third-order valence-corrected chi connectivity index (χ3v) is 2.43. The third-order valence-electron chi connectivity index (χ3n) is 2.10. The highest BCUT2D eigenvalue weighted by Crippen LogP contribution is 2.24. The van der Waals surface area contributed by atoms with Crippen LogP contribution < -0.4 is 11.1 Å². The number of rotatable bonds is 4. The van der Waals surface area contributed by atoms with Crippen LogP contribution in [0.2, 0.25) is 5.02 Å². The Labute approximate surface area is 95.2 Å². The van der Waals surface area contributed by atoms with Crippen LogP contribution in [-0.2, 0) is 0 Å². The summed E-state index contributed by atoms with van der Waals surface area (Å²) >= 11 is 5.97. The van der Waals surface area contributed by atoms with E-state index in [2.05, 4.69) is 5.32 Å². The van der Waals surface area contributed by atoms with Crippen LogP contribution >= 0.6 is 11.6 Å². The molecule has 84 valence electrons. The van der Waals surface area contributed by atoms with Crippen molar-refractivity contribution in [3.05, 3.63) is 28.8 Å². The number of benzene rings is 1. The first-order chi connectivity index (χ1) is 7.00. The Morgan fingerprint density at radius 1 is 1.47 bits per heavy atom. The van der Waals surface area contributed by atoms with Crippen LogP contribution in [0, 0.1) is 0 Å². The summed E-state index contributed by atoms with van der Waals surface area (Å²) in [6.07, 6.45) is -0.597. The molecule has 0 saturated carbocycles. The summed E-state index contributed by atoms with van der Waals surface area (Å²) in [5.41, 5.74) is 6.88. The third kappa shape index (κ3) is 3.70. The minimum atomic E-state index is -0.597. The number of aliphatic hydroxyl groups excluding tert-OH is 1. The van der Waals surface area contributed by atoms with Gasteiger partial charge < -0.3 is 16.2 Å². The van der Waals surface area contributed by atoms with Crippen LogP contribution in [0.3, 0.4) is 0 Å². The summed E-state index contributed by atoms with van der Waals surface area (Å²) in [5.74, 6) is 0. The van der Waals surface area contributed by atoms with Crippen molar-refractivity contribution in [1.82, 2.24) is 5.32 Å². The van der Waals surface area contributed by atoms with Gasteiger partial charge in [-0.15, -0.1) is 0 Å². The van der Waals surface area contributed by atoms with Gasteiger partial charge in [-0.1, -0.05) is 31.5 Å². The number of aliphatic hydroxyl groups is 1. The first kappa shape index (κ1) is 12.3. The van der Waals surface area contributed by atoms with Crippen molar-refractivity contribution in [2.45, 2.75) is 26.0 Å². The molecule has 0 bridgehead atoms. The van der Waals surface area contributed by atoms with E-state index in [9.17, 15) is 5.11 Å². The number of nitrogen functional groups attached to an aromatic ring is 1. The molecule has 0 saturated heterocycles. The van der Waals surface area contributed by atoms with E-state index in [1.807, 2.05) is 13.8 Å². The molecule has 0 aromatic heterocycles. The molecule has 0 fully saturated rings. The molecular weight excluding hydrogens is 212 g/mol. The predicted octanol–water partition coefficient (Wildman–Crippen LogP) is 1.95. The average Bonchev–Trinajstić information content (AvgIpc) is 2.14. The molecule has 15 heavy (non-hydrogen) atoms. The number of nitrogens with two attached hydrogens (primary N) is 1. The van der Waals surface area contributed by atoms with Crippen LogP contribution in [-0.4, -0.2) is 17.7 Å². The van der Waals surface area contributed by atoms with Crippen LogP contribution in [0.15, 0.2) is 18.2 Å². The predicted molar refractivity (Wildman–Crippen MR) is 64.0 cm³/mol. The lowest BCUT2D eigenvalue weighted by molar-refractivity contribution is 0.172. The minimum Gasteiger partial charge on any atom is -0.399 e. The number of hydrogen-bond acceptors (Lipinski definition) is 3. The van der Waals surface area contributed by atoms with Gasteiger partial charge in [-0.2, -0.15) is 0 Å². The second kappa shape index (κ2) is 5.35. The van der Waals surface area contributed by atoms with Gasteiger partial charge in [-0.05, 0) is 12.1 Å². The molecule has 0 aliphatic rings. The first-order valence-electron chi connectivity index (χ1n) is 4.97. The Bertz CT molecular complexity index is 328. The molecule has 1 aromatic rings. The summed E-state index contributed by atoms with van der Waals surface area (Å²) in [7, 11) is 0. The van der Waals surface area contributed by atoms with Gasteiger partial charge in [0.15, 0.2) is 0 Å². The highest BCUT2D eigenvalue weighted by molar-refractivity contribution is 6.31. The molecule has 0 amide bonds. The molecule has 4 heteroatoms. The Morgan fingerprint density at radius 2 is 2.13 bits per heavy atom. The molecule has 1 atom stereocenters. The summed E-state index contributed by atoms with van der Waals surface area (Å²) in [4.78, 5) is 0. The van der Waals surface area contributed by atoms with E-state index in [4.69, 9.17) is 17.3 Å². The van der Waals surface area contributed by atoms with E-state index < -0.39 is 6.10 Å². The van der Waals surface area contributed by atoms with Crippen molar-refractivity contribution in [3.8, 4) is 0 Å². The molecule has 0 radical (unpaired) electrons. The Kier molecular flexibility index (Phi) is 4.39. The normalized spacial score (nSPS) is 13.1. The Balaban J connectivity index is 2.69. The molecule has 3 nitrogen and oxygen atoms in total. The van der Waals surface area contributed by atoms with Gasteiger partial charge in [-0.3, -0.25) is 0 Å². The van der Waals surface area contributed by atoms with Gasteiger partial charge in [0.05, 0.1) is 6.10 Å². The maximum Gasteiger partial charge on any atom is 0.0928 e. The second-order valence-electron chi connectivity index (χ2n) is 3.86. The van der Waals surface area contributed by atoms with Crippen LogP contribution in [0.25, 0.3) is 0 Å². The molecule has 1 unspecified atom stereocenters. The molecule has 1 rings (SSSR count). The molecular formula is C11H17ClN2O. The first-order valence-corrected chi connectivity index (χ1v) is 5.35. The van der Waals surface area contributed by atoms with E-state index in [0.717, 1.165) is 0 Å². The van der Waals surface area contributed by atoms with Crippen LogP contribution in [0.4, 0.5) is 5.69 Å². The zero-order valence-electron chi connectivity index (χ0n) is 9.00. The molecule has 0 heterocycles. The highest BCUT2D eigenvalue weighted by Gasteiger charge is 2.11. The SMILES string of the molecule is CC(C)NCC(O)c1ccc(N)cc1Cl. The van der Waals surface area contributed by atoms with Crippen molar-refractivity contribution < 1.29 is 5.11 Å². The fourth-order valence-corrected chi connectivity index (χ4v) is 1.59.